The lowest BCUT2D eigenvalue weighted by Crippen LogP contribution is -2.32. The van der Waals surface area contributed by atoms with Crippen molar-refractivity contribution in [2.24, 2.45) is 11.8 Å². The second kappa shape index (κ2) is 5.52. The van der Waals surface area contributed by atoms with Crippen molar-refractivity contribution in [1.29, 1.82) is 0 Å². The van der Waals surface area contributed by atoms with Gasteiger partial charge in [0.2, 0.25) is 5.91 Å². The molecule has 1 N–H and O–H groups in total. The molecular formula is C18H14ClFN2O3. The number of anilines is 1. The number of carboxylic acid groups (broad SMARTS) is 1. The van der Waals surface area contributed by atoms with E-state index < -0.39 is 17.5 Å². The number of pyridine rings is 1. The molecule has 7 heteroatoms. The van der Waals surface area contributed by atoms with Crippen LogP contribution >= 0.6 is 11.6 Å². The van der Waals surface area contributed by atoms with Gasteiger partial charge < -0.3 is 10.0 Å². The normalized spacial score (nSPS) is 24.4. The van der Waals surface area contributed by atoms with Crippen LogP contribution in [0.4, 0.5) is 10.1 Å². The Hall–Kier alpha value is -2.47. The summed E-state index contributed by atoms with van der Waals surface area (Å²) in [6.07, 6.45) is 2.01. The topological polar surface area (TPSA) is 70.5 Å². The van der Waals surface area contributed by atoms with Crippen LogP contribution in [0.25, 0.3) is 0 Å². The number of hydrogen-bond donors (Lipinski definition) is 1. The number of carboxylic acids is 1. The van der Waals surface area contributed by atoms with Gasteiger partial charge in [-0.1, -0.05) is 29.8 Å². The summed E-state index contributed by atoms with van der Waals surface area (Å²) in [7, 11) is 0. The molecule has 1 aromatic heterocycles. The highest BCUT2D eigenvalue weighted by Crippen LogP contribution is 2.59. The number of nitrogens with zero attached hydrogens (tertiary/aromatic N) is 2. The van der Waals surface area contributed by atoms with Gasteiger partial charge in [0, 0.05) is 17.0 Å². The van der Waals surface area contributed by atoms with Gasteiger partial charge >= 0.3 is 5.97 Å². The predicted octanol–water partition coefficient (Wildman–Crippen LogP) is 3.60. The van der Waals surface area contributed by atoms with Crippen molar-refractivity contribution >= 4 is 29.2 Å². The van der Waals surface area contributed by atoms with E-state index in [1.165, 1.54) is 11.1 Å². The van der Waals surface area contributed by atoms with E-state index in [0.717, 1.165) is 23.6 Å². The van der Waals surface area contributed by atoms with Crippen molar-refractivity contribution < 1.29 is 19.1 Å². The number of amides is 1. The maximum absolute atomic E-state index is 14.1. The lowest BCUT2D eigenvalue weighted by Gasteiger charge is -2.29. The number of aryl methyl sites for hydroxylation is 1. The van der Waals surface area contributed by atoms with Gasteiger partial charge in [0.25, 0.3) is 0 Å². The molecule has 128 valence electrons. The molecule has 1 saturated carbocycles. The van der Waals surface area contributed by atoms with Gasteiger partial charge in [-0.2, -0.15) is 0 Å². The Kier molecular flexibility index (Phi) is 3.54. The summed E-state index contributed by atoms with van der Waals surface area (Å²) in [6.45, 7) is 1.89. The highest BCUT2D eigenvalue weighted by atomic mass is 35.5. The van der Waals surface area contributed by atoms with Crippen LogP contribution < -0.4 is 4.90 Å². The van der Waals surface area contributed by atoms with Crippen LogP contribution in [0.2, 0.25) is 5.02 Å². The van der Waals surface area contributed by atoms with Gasteiger partial charge in [-0.05, 0) is 30.4 Å². The van der Waals surface area contributed by atoms with E-state index in [4.69, 9.17) is 16.7 Å². The van der Waals surface area contributed by atoms with E-state index in [9.17, 15) is 14.0 Å². The maximum Gasteiger partial charge on any atom is 0.357 e. The molecule has 2 heterocycles. The Bertz CT molecular complexity index is 917. The zero-order valence-corrected chi connectivity index (χ0v) is 14.0. The number of benzene rings is 1. The molecule has 25 heavy (non-hydrogen) atoms. The molecule has 1 saturated heterocycles. The first kappa shape index (κ1) is 16.0. The Morgan fingerprint density at radius 3 is 2.88 bits per heavy atom. The second-order valence-electron chi connectivity index (χ2n) is 6.47. The third kappa shape index (κ3) is 2.40. The van der Waals surface area contributed by atoms with Gasteiger partial charge in [0.1, 0.15) is 0 Å². The molecule has 0 spiro atoms. The molecule has 1 aliphatic carbocycles. The minimum Gasteiger partial charge on any atom is -0.476 e. The SMILES string of the molecule is Cc1cccc(C2C3CC3C(=O)N2c2cnc(C(=O)O)c(F)c2)c1Cl. The quantitative estimate of drug-likeness (QED) is 0.907. The summed E-state index contributed by atoms with van der Waals surface area (Å²) >= 11 is 6.45. The van der Waals surface area contributed by atoms with Gasteiger partial charge in [0.15, 0.2) is 11.5 Å². The van der Waals surface area contributed by atoms with E-state index in [1.54, 1.807) is 0 Å². The molecule has 2 aromatic rings. The van der Waals surface area contributed by atoms with Crippen LogP contribution in [0, 0.1) is 24.6 Å². The molecule has 1 amide bonds. The molecule has 0 radical (unpaired) electrons. The van der Waals surface area contributed by atoms with Crippen molar-refractivity contribution in [2.45, 2.75) is 19.4 Å². The van der Waals surface area contributed by atoms with Crippen LogP contribution in [0.3, 0.4) is 0 Å². The van der Waals surface area contributed by atoms with Crippen LogP contribution in [0.1, 0.15) is 34.1 Å². The minimum atomic E-state index is -1.45. The van der Waals surface area contributed by atoms with Crippen LogP contribution in [-0.2, 0) is 4.79 Å². The van der Waals surface area contributed by atoms with Crippen molar-refractivity contribution in [1.82, 2.24) is 4.98 Å². The van der Waals surface area contributed by atoms with E-state index in [-0.39, 0.29) is 29.5 Å². The minimum absolute atomic E-state index is 0.0937. The van der Waals surface area contributed by atoms with Crippen molar-refractivity contribution in [3.63, 3.8) is 0 Å². The molecule has 0 bridgehead atoms. The largest absolute Gasteiger partial charge is 0.476 e. The van der Waals surface area contributed by atoms with Crippen molar-refractivity contribution in [2.75, 3.05) is 4.90 Å². The number of rotatable bonds is 3. The zero-order valence-electron chi connectivity index (χ0n) is 13.2. The van der Waals surface area contributed by atoms with E-state index in [1.807, 2.05) is 25.1 Å². The average molecular weight is 361 g/mol. The van der Waals surface area contributed by atoms with Crippen LogP contribution in [0.5, 0.6) is 0 Å². The second-order valence-corrected chi connectivity index (χ2v) is 6.84. The zero-order chi connectivity index (χ0) is 17.9. The fraction of sp³-hybridized carbons (Fsp3) is 0.278. The average Bonchev–Trinajstić information content (AvgIpc) is 3.30. The molecule has 1 aromatic carbocycles. The number of aromatic nitrogens is 1. The molecule has 2 fully saturated rings. The van der Waals surface area contributed by atoms with E-state index >= 15 is 0 Å². The Morgan fingerprint density at radius 1 is 1.44 bits per heavy atom. The molecule has 3 atom stereocenters. The Labute approximate surface area is 148 Å². The number of halogens is 2. The third-order valence-electron chi connectivity index (χ3n) is 4.93. The van der Waals surface area contributed by atoms with Gasteiger partial charge in [-0.25, -0.2) is 14.2 Å². The van der Waals surface area contributed by atoms with Crippen LogP contribution in [0.15, 0.2) is 30.5 Å². The molecular weight excluding hydrogens is 347 g/mol. The summed E-state index contributed by atoms with van der Waals surface area (Å²) in [4.78, 5) is 28.8. The first-order valence-corrected chi connectivity index (χ1v) is 8.25. The van der Waals surface area contributed by atoms with Gasteiger partial charge in [-0.15, -0.1) is 0 Å². The smallest absolute Gasteiger partial charge is 0.357 e. The van der Waals surface area contributed by atoms with Gasteiger partial charge in [-0.3, -0.25) is 4.79 Å². The molecule has 1 aliphatic heterocycles. The summed E-state index contributed by atoms with van der Waals surface area (Å²) in [5, 5.41) is 9.51. The predicted molar refractivity (Wildman–Crippen MR) is 89.2 cm³/mol. The lowest BCUT2D eigenvalue weighted by atomic mass is 10.00. The van der Waals surface area contributed by atoms with Gasteiger partial charge in [0.05, 0.1) is 17.9 Å². The highest BCUT2D eigenvalue weighted by molar-refractivity contribution is 6.32. The number of carbonyl (C=O) groups excluding carboxylic acids is 1. The monoisotopic (exact) mass is 360 g/mol. The van der Waals surface area contributed by atoms with E-state index in [2.05, 4.69) is 4.98 Å². The van der Waals surface area contributed by atoms with Crippen molar-refractivity contribution in [3.8, 4) is 0 Å². The molecule has 4 rings (SSSR count). The Balaban J connectivity index is 1.80. The number of aromatic carboxylic acids is 1. The molecule has 2 aliphatic rings. The summed E-state index contributed by atoms with van der Waals surface area (Å²) in [6, 6.07) is 6.40. The third-order valence-corrected chi connectivity index (χ3v) is 5.44. The molecule has 3 unspecified atom stereocenters. The molecule has 5 nitrogen and oxygen atoms in total. The number of piperidine rings is 1. The fourth-order valence-corrected chi connectivity index (χ4v) is 3.87. The summed E-state index contributed by atoms with van der Waals surface area (Å²) < 4.78 is 14.1. The summed E-state index contributed by atoms with van der Waals surface area (Å²) in [5.74, 6) is -2.47. The standard InChI is InChI=1S/C18H14ClFN2O3/c1-8-3-2-4-10(14(8)19)16-11-6-12(11)17(23)22(16)9-5-13(20)15(18(24)25)21-7-9/h2-5,7,11-12,16H,6H2,1H3,(H,24,25). The first-order valence-electron chi connectivity index (χ1n) is 7.87. The van der Waals surface area contributed by atoms with E-state index in [0.29, 0.717) is 5.02 Å². The summed E-state index contributed by atoms with van der Waals surface area (Å²) in [5.41, 5.74) is 1.32. The van der Waals surface area contributed by atoms with Crippen LogP contribution in [-0.4, -0.2) is 22.0 Å². The van der Waals surface area contributed by atoms with Crippen molar-refractivity contribution in [3.05, 3.63) is 58.1 Å². The maximum atomic E-state index is 14.1. The number of fused-ring (bicyclic) bond motifs is 1. The number of hydrogen-bond acceptors (Lipinski definition) is 3. The highest BCUT2D eigenvalue weighted by Gasteiger charge is 2.59. The fourth-order valence-electron chi connectivity index (χ4n) is 3.63. The first-order chi connectivity index (χ1) is 11.9. The Morgan fingerprint density at radius 2 is 2.20 bits per heavy atom. The number of carbonyl (C=O) groups is 2. The lowest BCUT2D eigenvalue weighted by molar-refractivity contribution is -0.118.